The molecular formula is C11H17ClN4O. The Kier molecular flexibility index (Phi) is 3.69. The topological polar surface area (TPSA) is 75.3 Å². The van der Waals surface area contributed by atoms with Gasteiger partial charge in [0, 0.05) is 25.1 Å². The highest BCUT2D eigenvalue weighted by atomic mass is 35.5. The van der Waals surface area contributed by atoms with Crippen molar-refractivity contribution in [3.05, 3.63) is 11.2 Å². The Labute approximate surface area is 106 Å². The first-order chi connectivity index (χ1) is 8.06. The number of nitrogens with two attached hydrogens (primary N) is 1. The smallest absolute Gasteiger partial charge is 0.223 e. The first-order valence-electron chi connectivity index (χ1n) is 5.79. The van der Waals surface area contributed by atoms with Gasteiger partial charge in [0.2, 0.25) is 5.95 Å². The molecule has 0 amide bonds. The van der Waals surface area contributed by atoms with Crippen molar-refractivity contribution in [2.24, 2.45) is 5.92 Å². The van der Waals surface area contributed by atoms with E-state index in [-0.39, 0.29) is 18.0 Å². The molecule has 5 nitrogen and oxygen atoms in total. The van der Waals surface area contributed by atoms with Gasteiger partial charge in [0.25, 0.3) is 0 Å². The van der Waals surface area contributed by atoms with Gasteiger partial charge in [0.1, 0.15) is 11.0 Å². The quantitative estimate of drug-likeness (QED) is 0.781. The lowest BCUT2D eigenvalue weighted by atomic mass is 9.93. The van der Waals surface area contributed by atoms with Gasteiger partial charge in [-0.2, -0.15) is 4.98 Å². The minimum absolute atomic E-state index is 0.187. The molecule has 0 saturated carbocycles. The minimum atomic E-state index is -0.299. The molecule has 94 valence electrons. The second-order valence-electron chi connectivity index (χ2n) is 4.50. The van der Waals surface area contributed by atoms with Crippen molar-refractivity contribution < 1.29 is 5.11 Å². The normalized spacial score (nSPS) is 22.5. The third kappa shape index (κ3) is 2.98. The minimum Gasteiger partial charge on any atom is -0.393 e. The lowest BCUT2D eigenvalue weighted by Gasteiger charge is -2.34. The van der Waals surface area contributed by atoms with Gasteiger partial charge in [-0.3, -0.25) is 0 Å². The van der Waals surface area contributed by atoms with Crippen molar-refractivity contribution in [2.45, 2.75) is 25.9 Å². The molecule has 17 heavy (non-hydrogen) atoms. The number of aliphatic hydroxyl groups excluding tert-OH is 1. The van der Waals surface area contributed by atoms with E-state index in [4.69, 9.17) is 17.3 Å². The molecule has 2 rings (SSSR count). The third-order valence-electron chi connectivity index (χ3n) is 3.16. The van der Waals surface area contributed by atoms with E-state index in [0.29, 0.717) is 5.15 Å². The zero-order valence-electron chi connectivity index (χ0n) is 9.80. The zero-order chi connectivity index (χ0) is 12.4. The van der Waals surface area contributed by atoms with Crippen LogP contribution in [0.1, 0.15) is 19.8 Å². The molecule has 2 unspecified atom stereocenters. The van der Waals surface area contributed by atoms with Crippen LogP contribution in [0.25, 0.3) is 0 Å². The SMILES string of the molecule is CC(O)C1CCCN(c2cc(Cl)nc(N)n2)C1. The van der Waals surface area contributed by atoms with Crippen LogP contribution in [-0.2, 0) is 0 Å². The molecule has 0 aromatic carbocycles. The summed E-state index contributed by atoms with van der Waals surface area (Å²) in [5.41, 5.74) is 5.58. The van der Waals surface area contributed by atoms with E-state index in [1.165, 1.54) is 0 Å². The molecule has 1 saturated heterocycles. The maximum atomic E-state index is 9.64. The Morgan fingerprint density at radius 2 is 2.35 bits per heavy atom. The van der Waals surface area contributed by atoms with Crippen molar-refractivity contribution >= 4 is 23.4 Å². The van der Waals surface area contributed by atoms with Gasteiger partial charge in [0.15, 0.2) is 0 Å². The van der Waals surface area contributed by atoms with Crippen molar-refractivity contribution in [2.75, 3.05) is 23.7 Å². The summed E-state index contributed by atoms with van der Waals surface area (Å²) in [5.74, 6) is 1.21. The van der Waals surface area contributed by atoms with Crippen molar-refractivity contribution in [3.63, 3.8) is 0 Å². The van der Waals surface area contributed by atoms with E-state index >= 15 is 0 Å². The van der Waals surface area contributed by atoms with E-state index in [2.05, 4.69) is 14.9 Å². The van der Waals surface area contributed by atoms with Crippen LogP contribution in [0.2, 0.25) is 5.15 Å². The number of piperidine rings is 1. The fourth-order valence-electron chi connectivity index (χ4n) is 2.20. The van der Waals surface area contributed by atoms with Gasteiger partial charge in [0.05, 0.1) is 6.10 Å². The van der Waals surface area contributed by atoms with Crippen LogP contribution in [0, 0.1) is 5.92 Å². The number of anilines is 2. The molecular weight excluding hydrogens is 240 g/mol. The number of aliphatic hydroxyl groups is 1. The molecule has 6 heteroatoms. The average molecular weight is 257 g/mol. The van der Waals surface area contributed by atoms with Gasteiger partial charge >= 0.3 is 0 Å². The summed E-state index contributed by atoms with van der Waals surface area (Å²) in [5, 5.41) is 9.99. The van der Waals surface area contributed by atoms with E-state index in [9.17, 15) is 5.11 Å². The van der Waals surface area contributed by atoms with Crippen LogP contribution >= 0.6 is 11.6 Å². The van der Waals surface area contributed by atoms with Crippen LogP contribution in [0.3, 0.4) is 0 Å². The Balaban J connectivity index is 2.16. The van der Waals surface area contributed by atoms with Crippen molar-refractivity contribution in [1.82, 2.24) is 9.97 Å². The predicted molar refractivity (Wildman–Crippen MR) is 68.1 cm³/mol. The molecule has 0 bridgehead atoms. The van der Waals surface area contributed by atoms with E-state index < -0.39 is 0 Å². The molecule has 1 aliphatic heterocycles. The zero-order valence-corrected chi connectivity index (χ0v) is 10.6. The highest BCUT2D eigenvalue weighted by Gasteiger charge is 2.24. The van der Waals surface area contributed by atoms with Gasteiger partial charge in [-0.05, 0) is 19.8 Å². The van der Waals surface area contributed by atoms with Crippen LogP contribution in [0.4, 0.5) is 11.8 Å². The average Bonchev–Trinajstić information content (AvgIpc) is 2.28. The van der Waals surface area contributed by atoms with E-state index in [0.717, 1.165) is 31.7 Å². The van der Waals surface area contributed by atoms with Crippen LogP contribution < -0.4 is 10.6 Å². The third-order valence-corrected chi connectivity index (χ3v) is 3.36. The fourth-order valence-corrected chi connectivity index (χ4v) is 2.38. The molecule has 1 fully saturated rings. The molecule has 0 radical (unpaired) electrons. The number of halogens is 1. The molecule has 0 aliphatic carbocycles. The molecule has 1 aromatic heterocycles. The van der Waals surface area contributed by atoms with Gasteiger partial charge in [-0.25, -0.2) is 4.98 Å². The largest absolute Gasteiger partial charge is 0.393 e. The second kappa shape index (κ2) is 5.06. The van der Waals surface area contributed by atoms with Gasteiger partial charge in [-0.1, -0.05) is 11.6 Å². The molecule has 0 spiro atoms. The van der Waals surface area contributed by atoms with Gasteiger partial charge in [-0.15, -0.1) is 0 Å². The summed E-state index contributed by atoms with van der Waals surface area (Å²) < 4.78 is 0. The Hall–Kier alpha value is -1.07. The Morgan fingerprint density at radius 3 is 3.00 bits per heavy atom. The molecule has 2 atom stereocenters. The highest BCUT2D eigenvalue weighted by Crippen LogP contribution is 2.25. The number of rotatable bonds is 2. The van der Waals surface area contributed by atoms with E-state index in [1.807, 2.05) is 6.92 Å². The van der Waals surface area contributed by atoms with Crippen molar-refractivity contribution in [1.29, 1.82) is 0 Å². The second-order valence-corrected chi connectivity index (χ2v) is 4.88. The molecule has 3 N–H and O–H groups in total. The number of hydrogen-bond donors (Lipinski definition) is 2. The molecule has 1 aromatic rings. The van der Waals surface area contributed by atoms with Crippen LogP contribution in [0.5, 0.6) is 0 Å². The number of nitrogen functional groups attached to an aromatic ring is 1. The Morgan fingerprint density at radius 1 is 1.59 bits per heavy atom. The predicted octanol–water partition coefficient (Wildman–Crippen LogP) is 1.31. The maximum Gasteiger partial charge on any atom is 0.223 e. The van der Waals surface area contributed by atoms with Gasteiger partial charge < -0.3 is 15.7 Å². The lowest BCUT2D eigenvalue weighted by Crippen LogP contribution is -2.40. The van der Waals surface area contributed by atoms with E-state index in [1.54, 1.807) is 6.07 Å². The summed E-state index contributed by atoms with van der Waals surface area (Å²) in [4.78, 5) is 10.1. The number of hydrogen-bond acceptors (Lipinski definition) is 5. The highest BCUT2D eigenvalue weighted by molar-refractivity contribution is 6.29. The summed E-state index contributed by atoms with van der Waals surface area (Å²) in [7, 11) is 0. The molecule has 1 aliphatic rings. The monoisotopic (exact) mass is 256 g/mol. The Bertz CT molecular complexity index is 379. The first-order valence-corrected chi connectivity index (χ1v) is 6.17. The number of nitrogens with zero attached hydrogens (tertiary/aromatic N) is 3. The number of aromatic nitrogens is 2. The standard InChI is InChI=1S/C11H17ClN4O/c1-7(17)8-3-2-4-16(6-8)10-5-9(12)14-11(13)15-10/h5,7-8,17H,2-4,6H2,1H3,(H2,13,14,15). The summed E-state index contributed by atoms with van der Waals surface area (Å²) in [6.07, 6.45) is 1.78. The maximum absolute atomic E-state index is 9.64. The van der Waals surface area contributed by atoms with Crippen LogP contribution in [-0.4, -0.2) is 34.3 Å². The van der Waals surface area contributed by atoms with Crippen molar-refractivity contribution in [3.8, 4) is 0 Å². The first kappa shape index (κ1) is 12.4. The van der Waals surface area contributed by atoms with Crippen LogP contribution in [0.15, 0.2) is 6.07 Å². The summed E-state index contributed by atoms with van der Waals surface area (Å²) in [6, 6.07) is 1.71. The summed E-state index contributed by atoms with van der Waals surface area (Å²) in [6.45, 7) is 3.52. The summed E-state index contributed by atoms with van der Waals surface area (Å²) >= 11 is 5.86. The lowest BCUT2D eigenvalue weighted by molar-refractivity contribution is 0.115. The fraction of sp³-hybridized carbons (Fsp3) is 0.636. The molecule has 2 heterocycles.